The SMILES string of the molecule is CC(C)(C)OC(=O)N[C@@H](Cc1ccccc1)C(=O)N[C@@H](Cc1ccccc1)C(=O)N1CCC[C@@H]1C(=O)OCc1ccccc1. The smallest absolute Gasteiger partial charge is 0.408 e. The number of alkyl carbamates (subject to hydrolysis) is 1. The molecule has 44 heavy (non-hydrogen) atoms. The van der Waals surface area contributed by atoms with E-state index >= 15 is 0 Å². The van der Waals surface area contributed by atoms with Gasteiger partial charge < -0.3 is 25.0 Å². The van der Waals surface area contributed by atoms with E-state index in [-0.39, 0.29) is 25.4 Å². The Kier molecular flexibility index (Phi) is 11.1. The number of benzene rings is 3. The van der Waals surface area contributed by atoms with Gasteiger partial charge in [0.2, 0.25) is 11.8 Å². The van der Waals surface area contributed by atoms with Gasteiger partial charge in [-0.05, 0) is 50.3 Å². The van der Waals surface area contributed by atoms with Crippen molar-refractivity contribution in [1.82, 2.24) is 15.5 Å². The first-order chi connectivity index (χ1) is 21.1. The monoisotopic (exact) mass is 599 g/mol. The van der Waals surface area contributed by atoms with Crippen molar-refractivity contribution in [3.05, 3.63) is 108 Å². The average Bonchev–Trinajstić information content (AvgIpc) is 3.50. The van der Waals surface area contributed by atoms with E-state index in [1.165, 1.54) is 4.90 Å². The third-order valence-electron chi connectivity index (χ3n) is 7.22. The van der Waals surface area contributed by atoms with Crippen molar-refractivity contribution in [2.45, 2.75) is 76.8 Å². The van der Waals surface area contributed by atoms with Gasteiger partial charge in [0.25, 0.3) is 0 Å². The summed E-state index contributed by atoms with van der Waals surface area (Å²) < 4.78 is 11.0. The molecular weight excluding hydrogens is 558 g/mol. The second-order valence-corrected chi connectivity index (χ2v) is 11.9. The number of esters is 1. The van der Waals surface area contributed by atoms with Crippen LogP contribution in [0.2, 0.25) is 0 Å². The molecule has 9 nitrogen and oxygen atoms in total. The van der Waals surface area contributed by atoms with Gasteiger partial charge in [-0.25, -0.2) is 9.59 Å². The summed E-state index contributed by atoms with van der Waals surface area (Å²) in [6.45, 7) is 5.70. The zero-order valence-corrected chi connectivity index (χ0v) is 25.5. The predicted octanol–water partition coefficient (Wildman–Crippen LogP) is 4.58. The van der Waals surface area contributed by atoms with Gasteiger partial charge in [-0.1, -0.05) is 91.0 Å². The molecule has 0 radical (unpaired) electrons. The number of rotatable bonds is 11. The van der Waals surface area contributed by atoms with Crippen molar-refractivity contribution in [3.8, 4) is 0 Å². The number of carbonyl (C=O) groups is 4. The van der Waals surface area contributed by atoms with Crippen LogP contribution in [0.15, 0.2) is 91.0 Å². The molecule has 0 aromatic heterocycles. The molecule has 2 N–H and O–H groups in total. The summed E-state index contributed by atoms with van der Waals surface area (Å²) in [5.41, 5.74) is 1.76. The van der Waals surface area contributed by atoms with Crippen LogP contribution in [0.3, 0.4) is 0 Å². The molecule has 0 unspecified atom stereocenters. The van der Waals surface area contributed by atoms with Crippen LogP contribution in [0.1, 0.15) is 50.3 Å². The van der Waals surface area contributed by atoms with Crippen LogP contribution < -0.4 is 10.6 Å². The minimum absolute atomic E-state index is 0.111. The minimum atomic E-state index is -1.01. The third-order valence-corrected chi connectivity index (χ3v) is 7.22. The van der Waals surface area contributed by atoms with Crippen molar-refractivity contribution in [2.24, 2.45) is 0 Å². The number of ether oxygens (including phenoxy) is 2. The molecule has 0 bridgehead atoms. The molecule has 232 valence electrons. The molecule has 0 saturated carbocycles. The van der Waals surface area contributed by atoms with Gasteiger partial charge in [0.1, 0.15) is 30.3 Å². The Hall–Kier alpha value is -4.66. The van der Waals surface area contributed by atoms with Crippen LogP contribution in [0.4, 0.5) is 4.79 Å². The molecule has 0 spiro atoms. The molecule has 1 fully saturated rings. The highest BCUT2D eigenvalue weighted by molar-refractivity contribution is 5.93. The van der Waals surface area contributed by atoms with E-state index in [2.05, 4.69) is 10.6 Å². The highest BCUT2D eigenvalue weighted by atomic mass is 16.6. The topological polar surface area (TPSA) is 114 Å². The molecule has 1 heterocycles. The second-order valence-electron chi connectivity index (χ2n) is 11.9. The Morgan fingerprint density at radius 3 is 1.84 bits per heavy atom. The quantitative estimate of drug-likeness (QED) is 0.312. The number of nitrogens with zero attached hydrogens (tertiary/aromatic N) is 1. The van der Waals surface area contributed by atoms with E-state index in [0.717, 1.165) is 16.7 Å². The maximum absolute atomic E-state index is 14.1. The summed E-state index contributed by atoms with van der Waals surface area (Å²) >= 11 is 0. The van der Waals surface area contributed by atoms with Gasteiger partial charge in [0, 0.05) is 19.4 Å². The van der Waals surface area contributed by atoms with Gasteiger partial charge in [0.15, 0.2) is 0 Å². The van der Waals surface area contributed by atoms with Crippen LogP contribution in [0, 0.1) is 0 Å². The van der Waals surface area contributed by atoms with Crippen molar-refractivity contribution in [2.75, 3.05) is 6.54 Å². The standard InChI is InChI=1S/C35H41N3O6/c1-35(2,3)44-34(42)37-28(22-25-14-7-4-8-15-25)31(39)36-29(23-26-16-9-5-10-17-26)32(40)38-21-13-20-30(38)33(41)43-24-27-18-11-6-12-19-27/h4-12,14-19,28-30H,13,20-24H2,1-3H3,(H,36,39)(H,37,42)/t28-,29-,30+/m0/s1. The van der Waals surface area contributed by atoms with E-state index in [1.807, 2.05) is 91.0 Å². The lowest BCUT2D eigenvalue weighted by atomic mass is 10.0. The Morgan fingerprint density at radius 2 is 1.30 bits per heavy atom. The van der Waals surface area contributed by atoms with Crippen LogP contribution in [-0.2, 0) is 43.3 Å². The Bertz CT molecular complexity index is 1390. The molecule has 1 aliphatic heterocycles. The van der Waals surface area contributed by atoms with E-state index in [0.29, 0.717) is 19.4 Å². The van der Waals surface area contributed by atoms with Crippen molar-refractivity contribution in [3.63, 3.8) is 0 Å². The summed E-state index contributed by atoms with van der Waals surface area (Å²) in [5, 5.41) is 5.58. The summed E-state index contributed by atoms with van der Waals surface area (Å²) in [6.07, 6.45) is 0.774. The molecule has 1 aliphatic rings. The molecule has 3 amide bonds. The van der Waals surface area contributed by atoms with Crippen molar-refractivity contribution >= 4 is 23.9 Å². The fraction of sp³-hybridized carbons (Fsp3) is 0.371. The molecule has 3 aromatic carbocycles. The van der Waals surface area contributed by atoms with Gasteiger partial charge in [-0.3, -0.25) is 9.59 Å². The fourth-order valence-corrected chi connectivity index (χ4v) is 5.13. The first-order valence-electron chi connectivity index (χ1n) is 15.0. The Morgan fingerprint density at radius 1 is 0.773 bits per heavy atom. The molecule has 9 heteroatoms. The average molecular weight is 600 g/mol. The number of hydrogen-bond acceptors (Lipinski definition) is 6. The first kappa shape index (κ1) is 32.3. The summed E-state index contributed by atoms with van der Waals surface area (Å²) in [4.78, 5) is 55.2. The zero-order valence-electron chi connectivity index (χ0n) is 25.5. The van der Waals surface area contributed by atoms with Crippen LogP contribution in [-0.4, -0.2) is 59.0 Å². The van der Waals surface area contributed by atoms with E-state index < -0.39 is 41.7 Å². The number of amides is 3. The number of nitrogens with one attached hydrogen (secondary N) is 2. The normalized spacial score (nSPS) is 16.0. The van der Waals surface area contributed by atoms with Crippen LogP contribution >= 0.6 is 0 Å². The van der Waals surface area contributed by atoms with Crippen molar-refractivity contribution < 1.29 is 28.7 Å². The Balaban J connectivity index is 1.53. The maximum atomic E-state index is 14.1. The molecule has 3 aromatic rings. The van der Waals surface area contributed by atoms with Crippen LogP contribution in [0.25, 0.3) is 0 Å². The molecule has 3 atom stereocenters. The van der Waals surface area contributed by atoms with Gasteiger partial charge in [-0.15, -0.1) is 0 Å². The zero-order chi connectivity index (χ0) is 31.5. The van der Waals surface area contributed by atoms with E-state index in [1.54, 1.807) is 20.8 Å². The van der Waals surface area contributed by atoms with E-state index in [9.17, 15) is 19.2 Å². The minimum Gasteiger partial charge on any atom is -0.459 e. The lowest BCUT2D eigenvalue weighted by molar-refractivity contribution is -0.155. The first-order valence-corrected chi connectivity index (χ1v) is 15.0. The summed E-state index contributed by atoms with van der Waals surface area (Å²) in [6, 6.07) is 25.3. The summed E-state index contributed by atoms with van der Waals surface area (Å²) in [5.74, 6) is -1.38. The molecule has 0 aliphatic carbocycles. The van der Waals surface area contributed by atoms with Crippen LogP contribution in [0.5, 0.6) is 0 Å². The second kappa shape index (κ2) is 15.2. The van der Waals surface area contributed by atoms with Gasteiger partial charge in [-0.2, -0.15) is 0 Å². The highest BCUT2D eigenvalue weighted by Crippen LogP contribution is 2.22. The molecular formula is C35H41N3O6. The van der Waals surface area contributed by atoms with Gasteiger partial charge in [0.05, 0.1) is 0 Å². The summed E-state index contributed by atoms with van der Waals surface area (Å²) in [7, 11) is 0. The largest absolute Gasteiger partial charge is 0.459 e. The molecule has 1 saturated heterocycles. The Labute approximate surface area is 258 Å². The predicted molar refractivity (Wildman–Crippen MR) is 166 cm³/mol. The highest BCUT2D eigenvalue weighted by Gasteiger charge is 2.39. The third kappa shape index (κ3) is 9.69. The number of likely N-dealkylation sites (tertiary alicyclic amines) is 1. The van der Waals surface area contributed by atoms with Gasteiger partial charge >= 0.3 is 12.1 Å². The fourth-order valence-electron chi connectivity index (χ4n) is 5.13. The lowest BCUT2D eigenvalue weighted by Gasteiger charge is -2.30. The van der Waals surface area contributed by atoms with E-state index in [4.69, 9.17) is 9.47 Å². The lowest BCUT2D eigenvalue weighted by Crippen LogP contribution is -2.57. The van der Waals surface area contributed by atoms with Crippen molar-refractivity contribution in [1.29, 1.82) is 0 Å². The molecule has 4 rings (SSSR count). The number of carbonyl (C=O) groups excluding carboxylic acids is 4. The number of hydrogen-bond donors (Lipinski definition) is 2. The maximum Gasteiger partial charge on any atom is 0.408 e.